The average Bonchev–Trinajstić information content (AvgIpc) is 3.29. The largest absolute Gasteiger partial charge is 0.382 e. The zero-order valence-corrected chi connectivity index (χ0v) is 17.9. The van der Waals surface area contributed by atoms with Crippen LogP contribution in [0.3, 0.4) is 0 Å². The Morgan fingerprint density at radius 3 is 2.52 bits per heavy atom. The lowest BCUT2D eigenvalue weighted by molar-refractivity contribution is -0.120. The molecule has 2 aromatic carbocycles. The topological polar surface area (TPSA) is 111 Å². The highest BCUT2D eigenvalue weighted by molar-refractivity contribution is 7.94. The van der Waals surface area contributed by atoms with Gasteiger partial charge in [0.1, 0.15) is 21.7 Å². The molecule has 0 unspecified atom stereocenters. The molecule has 0 spiro atoms. The van der Waals surface area contributed by atoms with Gasteiger partial charge in [0.05, 0.1) is 12.1 Å². The molecule has 0 bridgehead atoms. The SMILES string of the molecule is N#Cc1c(F)cccc1NCCNC(=O)Cc1ccc(NS(=O)(=O)c2cccs2)cc1. The van der Waals surface area contributed by atoms with E-state index in [9.17, 15) is 17.6 Å². The van der Waals surface area contributed by atoms with E-state index in [1.165, 1.54) is 18.2 Å². The lowest BCUT2D eigenvalue weighted by Gasteiger charge is -2.10. The summed E-state index contributed by atoms with van der Waals surface area (Å²) < 4.78 is 40.7. The maximum atomic E-state index is 13.6. The van der Waals surface area contributed by atoms with Gasteiger partial charge in [-0.2, -0.15) is 5.26 Å². The highest BCUT2D eigenvalue weighted by atomic mass is 32.2. The van der Waals surface area contributed by atoms with Crippen LogP contribution in [-0.4, -0.2) is 27.4 Å². The first-order valence-electron chi connectivity index (χ1n) is 9.23. The molecule has 0 atom stereocenters. The molecule has 3 rings (SSSR count). The fourth-order valence-corrected chi connectivity index (χ4v) is 4.80. The van der Waals surface area contributed by atoms with Gasteiger partial charge >= 0.3 is 0 Å². The lowest BCUT2D eigenvalue weighted by Crippen LogP contribution is -2.30. The number of thiophene rings is 1. The van der Waals surface area contributed by atoms with Crippen LogP contribution in [0.2, 0.25) is 0 Å². The van der Waals surface area contributed by atoms with Crippen molar-refractivity contribution < 1.29 is 17.6 Å². The minimum Gasteiger partial charge on any atom is -0.382 e. The minimum absolute atomic E-state index is 0.0661. The van der Waals surface area contributed by atoms with Crippen molar-refractivity contribution in [3.05, 3.63) is 76.9 Å². The number of nitrogens with one attached hydrogen (secondary N) is 3. The molecular formula is C21H19FN4O3S2. The van der Waals surface area contributed by atoms with Crippen molar-refractivity contribution in [2.24, 2.45) is 0 Å². The normalized spacial score (nSPS) is 10.8. The number of sulfonamides is 1. The quantitative estimate of drug-likeness (QED) is 0.426. The zero-order valence-electron chi connectivity index (χ0n) is 16.3. The molecule has 3 aromatic rings. The van der Waals surface area contributed by atoms with Gasteiger partial charge in [0.15, 0.2) is 0 Å². The van der Waals surface area contributed by atoms with Crippen molar-refractivity contribution >= 4 is 38.6 Å². The summed E-state index contributed by atoms with van der Waals surface area (Å²) in [6.45, 7) is 0.617. The molecule has 1 heterocycles. The van der Waals surface area contributed by atoms with E-state index in [1.807, 2.05) is 0 Å². The van der Waals surface area contributed by atoms with Crippen LogP contribution in [0.15, 0.2) is 64.2 Å². The van der Waals surface area contributed by atoms with Gasteiger partial charge in [0.2, 0.25) is 5.91 Å². The number of benzene rings is 2. The van der Waals surface area contributed by atoms with E-state index in [0.717, 1.165) is 16.9 Å². The second-order valence-electron chi connectivity index (χ2n) is 6.46. The molecule has 1 amide bonds. The molecule has 7 nitrogen and oxygen atoms in total. The van der Waals surface area contributed by atoms with Crippen LogP contribution >= 0.6 is 11.3 Å². The van der Waals surface area contributed by atoms with E-state index in [4.69, 9.17) is 5.26 Å². The van der Waals surface area contributed by atoms with E-state index < -0.39 is 15.8 Å². The fourth-order valence-electron chi connectivity index (χ4n) is 2.74. The first-order valence-corrected chi connectivity index (χ1v) is 11.6. The molecule has 0 aliphatic rings. The van der Waals surface area contributed by atoms with Gasteiger partial charge < -0.3 is 10.6 Å². The summed E-state index contributed by atoms with van der Waals surface area (Å²) in [6.07, 6.45) is 0.126. The second kappa shape index (κ2) is 10.1. The van der Waals surface area contributed by atoms with Crippen LogP contribution in [0.4, 0.5) is 15.8 Å². The monoisotopic (exact) mass is 458 g/mol. The number of nitriles is 1. The van der Waals surface area contributed by atoms with Crippen molar-refractivity contribution in [3.8, 4) is 6.07 Å². The molecule has 0 aliphatic carbocycles. The first kappa shape index (κ1) is 22.3. The molecule has 0 saturated carbocycles. The van der Waals surface area contributed by atoms with Crippen LogP contribution in [0.1, 0.15) is 11.1 Å². The standard InChI is InChI=1S/C21H19FN4O3S2/c22-18-3-1-4-19(17(18)14-23)24-10-11-25-20(27)13-15-6-8-16(9-7-15)26-31(28,29)21-5-2-12-30-21/h1-9,12,24,26H,10-11,13H2,(H,25,27). The van der Waals surface area contributed by atoms with Gasteiger partial charge in [-0.1, -0.05) is 24.3 Å². The van der Waals surface area contributed by atoms with Crippen LogP contribution in [0, 0.1) is 17.1 Å². The number of rotatable bonds is 9. The minimum atomic E-state index is -3.61. The number of hydrogen-bond acceptors (Lipinski definition) is 6. The predicted molar refractivity (Wildman–Crippen MR) is 118 cm³/mol. The third kappa shape index (κ3) is 6.04. The average molecular weight is 459 g/mol. The summed E-state index contributed by atoms with van der Waals surface area (Å²) >= 11 is 1.13. The van der Waals surface area contributed by atoms with E-state index in [2.05, 4.69) is 15.4 Å². The summed E-state index contributed by atoms with van der Waals surface area (Å²) in [4.78, 5) is 12.1. The highest BCUT2D eigenvalue weighted by Crippen LogP contribution is 2.20. The highest BCUT2D eigenvalue weighted by Gasteiger charge is 2.15. The number of carbonyl (C=O) groups excluding carboxylic acids is 1. The summed E-state index contributed by atoms with van der Waals surface area (Å²) in [5.41, 5.74) is 1.44. The Labute approximate surface area is 183 Å². The lowest BCUT2D eigenvalue weighted by atomic mass is 10.1. The van der Waals surface area contributed by atoms with Crippen molar-refractivity contribution in [2.45, 2.75) is 10.6 Å². The molecule has 10 heteroatoms. The number of halogens is 1. The number of hydrogen-bond donors (Lipinski definition) is 3. The molecule has 160 valence electrons. The van der Waals surface area contributed by atoms with Gasteiger partial charge in [-0.3, -0.25) is 9.52 Å². The van der Waals surface area contributed by atoms with Gasteiger partial charge in [0.25, 0.3) is 10.0 Å². The van der Waals surface area contributed by atoms with Gasteiger partial charge in [0, 0.05) is 18.8 Å². The number of nitrogens with zero attached hydrogens (tertiary/aromatic N) is 1. The smallest absolute Gasteiger partial charge is 0.271 e. The summed E-state index contributed by atoms with van der Waals surface area (Å²) in [7, 11) is -3.61. The van der Waals surface area contributed by atoms with E-state index >= 15 is 0 Å². The number of amides is 1. The second-order valence-corrected chi connectivity index (χ2v) is 9.32. The number of carbonyl (C=O) groups is 1. The van der Waals surface area contributed by atoms with Crippen molar-refractivity contribution in [1.82, 2.24) is 5.32 Å². The van der Waals surface area contributed by atoms with Crippen molar-refractivity contribution in [3.63, 3.8) is 0 Å². The van der Waals surface area contributed by atoms with E-state index in [-0.39, 0.29) is 22.1 Å². The van der Waals surface area contributed by atoms with Gasteiger partial charge in [-0.15, -0.1) is 11.3 Å². The van der Waals surface area contributed by atoms with Gasteiger partial charge in [-0.05, 0) is 41.3 Å². The Kier molecular flexibility index (Phi) is 7.23. The summed E-state index contributed by atoms with van der Waals surface area (Å²) in [5.74, 6) is -0.814. The number of anilines is 2. The van der Waals surface area contributed by atoms with Crippen molar-refractivity contribution in [1.29, 1.82) is 5.26 Å². The van der Waals surface area contributed by atoms with Crippen LogP contribution in [0.5, 0.6) is 0 Å². The molecular weight excluding hydrogens is 439 g/mol. The van der Waals surface area contributed by atoms with Gasteiger partial charge in [-0.25, -0.2) is 12.8 Å². The summed E-state index contributed by atoms with van der Waals surface area (Å²) in [5, 5.41) is 16.3. The first-order chi connectivity index (χ1) is 14.9. The van der Waals surface area contributed by atoms with Crippen molar-refractivity contribution in [2.75, 3.05) is 23.1 Å². The maximum Gasteiger partial charge on any atom is 0.271 e. The van der Waals surface area contributed by atoms with E-state index in [0.29, 0.717) is 24.5 Å². The Morgan fingerprint density at radius 2 is 1.84 bits per heavy atom. The summed E-state index contributed by atoms with van der Waals surface area (Å²) in [6, 6.07) is 15.9. The Bertz CT molecular complexity index is 1190. The molecule has 0 radical (unpaired) electrons. The maximum absolute atomic E-state index is 13.6. The zero-order chi connectivity index (χ0) is 22.3. The predicted octanol–water partition coefficient (Wildman–Crippen LogP) is 3.33. The fraction of sp³-hybridized carbons (Fsp3) is 0.143. The Morgan fingerprint density at radius 1 is 1.06 bits per heavy atom. The molecule has 31 heavy (non-hydrogen) atoms. The molecule has 0 fully saturated rings. The molecule has 0 aliphatic heterocycles. The Balaban J connectivity index is 1.46. The van der Waals surface area contributed by atoms with Crippen LogP contribution < -0.4 is 15.4 Å². The molecule has 3 N–H and O–H groups in total. The molecule has 0 saturated heterocycles. The Hall–Kier alpha value is -3.42. The third-order valence-corrected chi connectivity index (χ3v) is 7.00. The van der Waals surface area contributed by atoms with Crippen LogP contribution in [0.25, 0.3) is 0 Å². The van der Waals surface area contributed by atoms with E-state index in [1.54, 1.807) is 47.8 Å². The third-order valence-electron chi connectivity index (χ3n) is 4.22. The molecule has 1 aromatic heterocycles. The van der Waals surface area contributed by atoms with Crippen LogP contribution in [-0.2, 0) is 21.2 Å².